The monoisotopic (exact) mass is 246 g/mol. The molecular formula is C15H22N2O. The average Bonchev–Trinajstić information content (AvgIpc) is 2.38. The lowest BCUT2D eigenvalue weighted by Crippen LogP contribution is -2.41. The predicted molar refractivity (Wildman–Crippen MR) is 73.2 cm³/mol. The van der Waals surface area contributed by atoms with E-state index in [1.165, 1.54) is 11.1 Å². The molecule has 3 nitrogen and oxygen atoms in total. The van der Waals surface area contributed by atoms with Gasteiger partial charge in [0.25, 0.3) is 0 Å². The second-order valence-corrected chi connectivity index (χ2v) is 5.18. The van der Waals surface area contributed by atoms with Crippen molar-refractivity contribution in [2.45, 2.75) is 26.3 Å². The maximum absolute atomic E-state index is 11.7. The Hall–Kier alpha value is -1.35. The van der Waals surface area contributed by atoms with E-state index in [-0.39, 0.29) is 11.8 Å². The summed E-state index contributed by atoms with van der Waals surface area (Å²) in [6, 6.07) is 8.61. The summed E-state index contributed by atoms with van der Waals surface area (Å²) in [7, 11) is 1.72. The fourth-order valence-corrected chi connectivity index (χ4v) is 2.69. The molecule has 1 aromatic carbocycles. The molecule has 1 unspecified atom stereocenters. The Bertz CT molecular complexity index is 417. The highest BCUT2D eigenvalue weighted by molar-refractivity contribution is 5.78. The molecule has 0 aliphatic carbocycles. The van der Waals surface area contributed by atoms with Crippen LogP contribution in [0.15, 0.2) is 24.3 Å². The van der Waals surface area contributed by atoms with Gasteiger partial charge in [-0.1, -0.05) is 29.8 Å². The van der Waals surface area contributed by atoms with E-state index in [1.807, 2.05) is 0 Å². The summed E-state index contributed by atoms with van der Waals surface area (Å²) in [5.74, 6) is 0.345. The van der Waals surface area contributed by atoms with E-state index in [2.05, 4.69) is 41.4 Å². The molecule has 1 aliphatic heterocycles. The number of carbonyl (C=O) groups is 1. The summed E-state index contributed by atoms with van der Waals surface area (Å²) in [5, 5.41) is 2.76. The zero-order valence-corrected chi connectivity index (χ0v) is 11.3. The van der Waals surface area contributed by atoms with Crippen LogP contribution in [-0.4, -0.2) is 30.9 Å². The van der Waals surface area contributed by atoms with Crippen LogP contribution in [0.2, 0.25) is 0 Å². The highest BCUT2D eigenvalue weighted by Crippen LogP contribution is 2.19. The number of rotatable bonds is 3. The fourth-order valence-electron chi connectivity index (χ4n) is 2.69. The number of aryl methyl sites for hydroxylation is 1. The highest BCUT2D eigenvalue weighted by atomic mass is 16.1. The van der Waals surface area contributed by atoms with Crippen molar-refractivity contribution in [2.75, 3.05) is 20.1 Å². The molecule has 0 aromatic heterocycles. The van der Waals surface area contributed by atoms with E-state index in [0.29, 0.717) is 0 Å². The van der Waals surface area contributed by atoms with Crippen LogP contribution in [0.25, 0.3) is 0 Å². The molecule has 0 saturated carbocycles. The SMILES string of the molecule is CNC(=O)C1CCCN(Cc2cccc(C)c2)C1. The van der Waals surface area contributed by atoms with Crippen LogP contribution >= 0.6 is 0 Å². The predicted octanol–water partition coefficient (Wildman–Crippen LogP) is 1.95. The molecule has 1 atom stereocenters. The summed E-state index contributed by atoms with van der Waals surface area (Å²) in [5.41, 5.74) is 2.64. The van der Waals surface area contributed by atoms with Crippen molar-refractivity contribution < 1.29 is 4.79 Å². The van der Waals surface area contributed by atoms with Crippen molar-refractivity contribution in [1.82, 2.24) is 10.2 Å². The van der Waals surface area contributed by atoms with E-state index in [1.54, 1.807) is 7.05 Å². The zero-order chi connectivity index (χ0) is 13.0. The molecule has 98 valence electrons. The molecule has 1 fully saturated rings. The lowest BCUT2D eigenvalue weighted by Gasteiger charge is -2.31. The molecule has 1 N–H and O–H groups in total. The van der Waals surface area contributed by atoms with E-state index in [4.69, 9.17) is 0 Å². The van der Waals surface area contributed by atoms with Crippen LogP contribution < -0.4 is 5.32 Å². The second-order valence-electron chi connectivity index (χ2n) is 5.18. The average molecular weight is 246 g/mol. The van der Waals surface area contributed by atoms with Crippen LogP contribution in [0.3, 0.4) is 0 Å². The minimum atomic E-state index is 0.161. The van der Waals surface area contributed by atoms with Gasteiger partial charge in [-0.2, -0.15) is 0 Å². The van der Waals surface area contributed by atoms with Crippen LogP contribution in [0.1, 0.15) is 24.0 Å². The van der Waals surface area contributed by atoms with E-state index >= 15 is 0 Å². The number of nitrogens with zero attached hydrogens (tertiary/aromatic N) is 1. The Morgan fingerprint density at radius 2 is 2.33 bits per heavy atom. The van der Waals surface area contributed by atoms with Gasteiger partial charge in [0.1, 0.15) is 0 Å². The van der Waals surface area contributed by atoms with E-state index < -0.39 is 0 Å². The number of likely N-dealkylation sites (tertiary alicyclic amines) is 1. The van der Waals surface area contributed by atoms with Gasteiger partial charge in [0, 0.05) is 20.1 Å². The van der Waals surface area contributed by atoms with Gasteiger partial charge in [0.2, 0.25) is 5.91 Å². The number of hydrogen-bond donors (Lipinski definition) is 1. The minimum Gasteiger partial charge on any atom is -0.359 e. The standard InChI is InChI=1S/C15H22N2O/c1-12-5-3-6-13(9-12)10-17-8-4-7-14(11-17)15(18)16-2/h3,5-6,9,14H,4,7-8,10-11H2,1-2H3,(H,16,18). The van der Waals surface area contributed by atoms with Crippen LogP contribution in [-0.2, 0) is 11.3 Å². The van der Waals surface area contributed by atoms with Crippen LogP contribution in [0.5, 0.6) is 0 Å². The molecule has 3 heteroatoms. The molecular weight excluding hydrogens is 224 g/mol. The lowest BCUT2D eigenvalue weighted by molar-refractivity contribution is -0.126. The Morgan fingerprint density at radius 1 is 1.50 bits per heavy atom. The number of carbonyl (C=O) groups excluding carboxylic acids is 1. The highest BCUT2D eigenvalue weighted by Gasteiger charge is 2.24. The van der Waals surface area contributed by atoms with Crippen molar-refractivity contribution in [1.29, 1.82) is 0 Å². The van der Waals surface area contributed by atoms with Gasteiger partial charge >= 0.3 is 0 Å². The summed E-state index contributed by atoms with van der Waals surface area (Å²) >= 11 is 0. The quantitative estimate of drug-likeness (QED) is 0.884. The smallest absolute Gasteiger partial charge is 0.224 e. The molecule has 1 aliphatic rings. The summed E-state index contributed by atoms with van der Waals surface area (Å²) < 4.78 is 0. The first-order chi connectivity index (χ1) is 8.69. The number of benzene rings is 1. The Kier molecular flexibility index (Phi) is 4.37. The zero-order valence-electron chi connectivity index (χ0n) is 11.3. The fraction of sp³-hybridized carbons (Fsp3) is 0.533. The molecule has 1 aromatic rings. The third-order valence-corrected chi connectivity index (χ3v) is 3.61. The van der Waals surface area contributed by atoms with Gasteiger partial charge in [0.05, 0.1) is 5.92 Å². The molecule has 0 bridgehead atoms. The molecule has 1 saturated heterocycles. The second kappa shape index (κ2) is 6.01. The molecule has 1 heterocycles. The lowest BCUT2D eigenvalue weighted by atomic mass is 9.96. The molecule has 0 spiro atoms. The maximum atomic E-state index is 11.7. The Balaban J connectivity index is 1.95. The number of piperidine rings is 1. The minimum absolute atomic E-state index is 0.161. The molecule has 1 amide bonds. The Morgan fingerprint density at radius 3 is 3.06 bits per heavy atom. The van der Waals surface area contributed by atoms with Crippen molar-refractivity contribution in [3.05, 3.63) is 35.4 Å². The Labute approximate surface area is 109 Å². The number of amides is 1. The van der Waals surface area contributed by atoms with Gasteiger partial charge in [0.15, 0.2) is 0 Å². The summed E-state index contributed by atoms with van der Waals surface area (Å²) in [6.07, 6.45) is 2.13. The topological polar surface area (TPSA) is 32.3 Å². The third kappa shape index (κ3) is 3.33. The normalized spacial score (nSPS) is 20.7. The van der Waals surface area contributed by atoms with E-state index in [9.17, 15) is 4.79 Å². The van der Waals surface area contributed by atoms with Crippen LogP contribution in [0.4, 0.5) is 0 Å². The van der Waals surface area contributed by atoms with Crippen molar-refractivity contribution in [3.63, 3.8) is 0 Å². The van der Waals surface area contributed by atoms with Gasteiger partial charge in [-0.25, -0.2) is 0 Å². The van der Waals surface area contributed by atoms with Gasteiger partial charge in [-0.3, -0.25) is 9.69 Å². The number of nitrogens with one attached hydrogen (secondary N) is 1. The number of hydrogen-bond acceptors (Lipinski definition) is 2. The maximum Gasteiger partial charge on any atom is 0.224 e. The van der Waals surface area contributed by atoms with Crippen molar-refractivity contribution in [2.24, 2.45) is 5.92 Å². The third-order valence-electron chi connectivity index (χ3n) is 3.61. The molecule has 2 rings (SSSR count). The van der Waals surface area contributed by atoms with Gasteiger partial charge < -0.3 is 5.32 Å². The van der Waals surface area contributed by atoms with Gasteiger partial charge in [-0.05, 0) is 31.9 Å². The first kappa shape index (κ1) is 13.1. The van der Waals surface area contributed by atoms with Gasteiger partial charge in [-0.15, -0.1) is 0 Å². The van der Waals surface area contributed by atoms with Crippen molar-refractivity contribution >= 4 is 5.91 Å². The first-order valence-corrected chi connectivity index (χ1v) is 6.68. The summed E-state index contributed by atoms with van der Waals surface area (Å²) in [4.78, 5) is 14.1. The molecule has 0 radical (unpaired) electrons. The molecule has 18 heavy (non-hydrogen) atoms. The van der Waals surface area contributed by atoms with Crippen molar-refractivity contribution in [3.8, 4) is 0 Å². The summed E-state index contributed by atoms with van der Waals surface area (Å²) in [6.45, 7) is 5.05. The van der Waals surface area contributed by atoms with Crippen LogP contribution in [0, 0.1) is 12.8 Å². The van der Waals surface area contributed by atoms with E-state index in [0.717, 1.165) is 32.5 Å². The largest absolute Gasteiger partial charge is 0.359 e. The first-order valence-electron chi connectivity index (χ1n) is 6.68.